The maximum absolute atomic E-state index is 12.0. The quantitative estimate of drug-likeness (QED) is 0.830. The fraction of sp³-hybridized carbons (Fsp3) is 0.222. The maximum Gasteiger partial charge on any atom is 0.337 e. The first-order chi connectivity index (χ1) is 11.0. The molecule has 2 N–H and O–H groups in total. The third kappa shape index (κ3) is 4.57. The van der Waals surface area contributed by atoms with E-state index < -0.39 is 5.97 Å². The van der Waals surface area contributed by atoms with E-state index in [9.17, 15) is 9.59 Å². The Morgan fingerprint density at radius 2 is 1.35 bits per heavy atom. The number of rotatable bonds is 4. The molecule has 5 heteroatoms. The fourth-order valence-electron chi connectivity index (χ4n) is 2.05. The molecule has 0 saturated carbocycles. The van der Waals surface area contributed by atoms with Gasteiger partial charge in [0, 0.05) is 11.4 Å². The van der Waals surface area contributed by atoms with Gasteiger partial charge in [-0.05, 0) is 47.9 Å². The Morgan fingerprint density at radius 1 is 0.870 bits per heavy atom. The van der Waals surface area contributed by atoms with Crippen LogP contribution in [0.3, 0.4) is 0 Å². The third-order valence-electron chi connectivity index (χ3n) is 3.40. The molecule has 0 radical (unpaired) electrons. The van der Waals surface area contributed by atoms with Gasteiger partial charge in [0.05, 0.1) is 12.7 Å². The molecular weight excluding hydrogens is 292 g/mol. The van der Waals surface area contributed by atoms with Crippen molar-refractivity contribution >= 4 is 23.4 Å². The summed E-state index contributed by atoms with van der Waals surface area (Å²) in [6.07, 6.45) is 0. The van der Waals surface area contributed by atoms with Crippen LogP contribution in [0.25, 0.3) is 0 Å². The average Bonchev–Trinajstić information content (AvgIpc) is 2.55. The minimum Gasteiger partial charge on any atom is -0.465 e. The second kappa shape index (κ2) is 7.45. The summed E-state index contributed by atoms with van der Waals surface area (Å²) in [5.74, 6) is 0.0393. The molecule has 2 aromatic rings. The zero-order chi connectivity index (χ0) is 16.8. The summed E-state index contributed by atoms with van der Waals surface area (Å²) < 4.78 is 4.62. The van der Waals surface area contributed by atoms with Crippen LogP contribution in [0.2, 0.25) is 0 Å². The number of nitrogens with one attached hydrogen (secondary N) is 2. The van der Waals surface area contributed by atoms with Gasteiger partial charge in [0.15, 0.2) is 0 Å². The number of hydrogen-bond acceptors (Lipinski definition) is 3. The molecule has 0 aliphatic rings. The Bertz CT molecular complexity index is 676. The Morgan fingerprint density at radius 3 is 1.78 bits per heavy atom. The molecule has 0 aliphatic heterocycles. The Balaban J connectivity index is 1.95. The van der Waals surface area contributed by atoms with Crippen molar-refractivity contribution in [3.8, 4) is 0 Å². The Kier molecular flexibility index (Phi) is 5.36. The van der Waals surface area contributed by atoms with Crippen molar-refractivity contribution in [2.24, 2.45) is 0 Å². The molecule has 0 aromatic heterocycles. The first-order valence-corrected chi connectivity index (χ1v) is 7.36. The van der Waals surface area contributed by atoms with E-state index in [1.165, 1.54) is 12.7 Å². The van der Waals surface area contributed by atoms with Gasteiger partial charge in [-0.3, -0.25) is 0 Å². The van der Waals surface area contributed by atoms with Crippen molar-refractivity contribution in [2.75, 3.05) is 17.7 Å². The number of amides is 2. The summed E-state index contributed by atoms with van der Waals surface area (Å²) in [5.41, 5.74) is 2.96. The highest BCUT2D eigenvalue weighted by molar-refractivity contribution is 6.00. The fourth-order valence-corrected chi connectivity index (χ4v) is 2.05. The van der Waals surface area contributed by atoms with E-state index in [1.54, 1.807) is 24.3 Å². The van der Waals surface area contributed by atoms with Crippen molar-refractivity contribution in [3.63, 3.8) is 0 Å². The van der Waals surface area contributed by atoms with Gasteiger partial charge in [0.1, 0.15) is 0 Å². The van der Waals surface area contributed by atoms with Crippen LogP contribution < -0.4 is 10.6 Å². The predicted octanol–water partition coefficient (Wildman–Crippen LogP) is 4.24. The lowest BCUT2D eigenvalue weighted by molar-refractivity contribution is 0.0601. The predicted molar refractivity (Wildman–Crippen MR) is 91.0 cm³/mol. The number of benzene rings is 2. The normalized spacial score (nSPS) is 10.3. The van der Waals surface area contributed by atoms with Gasteiger partial charge in [0.25, 0.3) is 0 Å². The molecule has 0 saturated heterocycles. The van der Waals surface area contributed by atoms with E-state index in [2.05, 4.69) is 29.2 Å². The molecule has 0 heterocycles. The van der Waals surface area contributed by atoms with Crippen LogP contribution in [0, 0.1) is 0 Å². The second-order valence-corrected chi connectivity index (χ2v) is 5.42. The molecule has 0 atom stereocenters. The topological polar surface area (TPSA) is 67.4 Å². The van der Waals surface area contributed by atoms with Crippen LogP contribution in [-0.4, -0.2) is 19.1 Å². The first-order valence-electron chi connectivity index (χ1n) is 7.36. The molecule has 2 aromatic carbocycles. The van der Waals surface area contributed by atoms with Gasteiger partial charge >= 0.3 is 12.0 Å². The number of anilines is 2. The summed E-state index contributed by atoms with van der Waals surface area (Å²) in [6.45, 7) is 4.24. The van der Waals surface area contributed by atoms with Crippen LogP contribution in [0.15, 0.2) is 48.5 Å². The van der Waals surface area contributed by atoms with Gasteiger partial charge in [0.2, 0.25) is 0 Å². The third-order valence-corrected chi connectivity index (χ3v) is 3.40. The van der Waals surface area contributed by atoms with Gasteiger partial charge in [-0.25, -0.2) is 9.59 Å². The Labute approximate surface area is 135 Å². The molecule has 0 aliphatic carbocycles. The van der Waals surface area contributed by atoms with E-state index >= 15 is 0 Å². The summed E-state index contributed by atoms with van der Waals surface area (Å²) in [5, 5.41) is 5.47. The van der Waals surface area contributed by atoms with Crippen molar-refractivity contribution in [1.29, 1.82) is 0 Å². The summed E-state index contributed by atoms with van der Waals surface area (Å²) in [7, 11) is 1.33. The van der Waals surface area contributed by atoms with E-state index in [-0.39, 0.29) is 6.03 Å². The highest BCUT2D eigenvalue weighted by atomic mass is 16.5. The zero-order valence-electron chi connectivity index (χ0n) is 13.4. The van der Waals surface area contributed by atoms with Crippen LogP contribution >= 0.6 is 0 Å². The van der Waals surface area contributed by atoms with Crippen molar-refractivity contribution in [2.45, 2.75) is 19.8 Å². The van der Waals surface area contributed by atoms with Gasteiger partial charge in [-0.1, -0.05) is 26.0 Å². The van der Waals surface area contributed by atoms with Gasteiger partial charge < -0.3 is 15.4 Å². The SMILES string of the molecule is COC(=O)c1ccc(NC(=O)Nc2ccc(C(C)C)cc2)cc1. The molecule has 0 spiro atoms. The van der Waals surface area contributed by atoms with Crippen LogP contribution in [-0.2, 0) is 4.74 Å². The van der Waals surface area contributed by atoms with E-state index in [0.717, 1.165) is 5.69 Å². The second-order valence-electron chi connectivity index (χ2n) is 5.42. The molecule has 0 unspecified atom stereocenters. The monoisotopic (exact) mass is 312 g/mol. The number of esters is 1. The Hall–Kier alpha value is -2.82. The maximum atomic E-state index is 12.0. The summed E-state index contributed by atoms with van der Waals surface area (Å²) in [4.78, 5) is 23.3. The molecule has 2 rings (SSSR count). The average molecular weight is 312 g/mol. The number of methoxy groups -OCH3 is 1. The molecular formula is C18H20N2O3. The highest BCUT2D eigenvalue weighted by Crippen LogP contribution is 2.17. The van der Waals surface area contributed by atoms with Crippen LogP contribution in [0.5, 0.6) is 0 Å². The molecule has 0 bridgehead atoms. The lowest BCUT2D eigenvalue weighted by Gasteiger charge is -2.10. The van der Waals surface area contributed by atoms with Crippen LogP contribution in [0.1, 0.15) is 35.7 Å². The van der Waals surface area contributed by atoms with Gasteiger partial charge in [-0.15, -0.1) is 0 Å². The van der Waals surface area contributed by atoms with Crippen molar-refractivity contribution < 1.29 is 14.3 Å². The minimum atomic E-state index is -0.411. The lowest BCUT2D eigenvalue weighted by atomic mass is 10.0. The van der Waals surface area contributed by atoms with E-state index in [1.807, 2.05) is 24.3 Å². The highest BCUT2D eigenvalue weighted by Gasteiger charge is 2.07. The lowest BCUT2D eigenvalue weighted by Crippen LogP contribution is -2.19. The van der Waals surface area contributed by atoms with Gasteiger partial charge in [-0.2, -0.15) is 0 Å². The molecule has 5 nitrogen and oxygen atoms in total. The summed E-state index contributed by atoms with van der Waals surface area (Å²) in [6, 6.07) is 13.9. The number of ether oxygens (including phenoxy) is 1. The molecule has 120 valence electrons. The largest absolute Gasteiger partial charge is 0.465 e. The molecule has 0 fully saturated rings. The van der Waals surface area contributed by atoms with E-state index in [0.29, 0.717) is 17.2 Å². The van der Waals surface area contributed by atoms with Crippen molar-refractivity contribution in [1.82, 2.24) is 0 Å². The molecule has 23 heavy (non-hydrogen) atoms. The molecule has 2 amide bonds. The standard InChI is InChI=1S/C18H20N2O3/c1-12(2)13-4-8-15(9-5-13)19-18(22)20-16-10-6-14(7-11-16)17(21)23-3/h4-12H,1-3H3,(H2,19,20,22). The number of urea groups is 1. The van der Waals surface area contributed by atoms with Crippen molar-refractivity contribution in [3.05, 3.63) is 59.7 Å². The number of carbonyl (C=O) groups excluding carboxylic acids is 2. The minimum absolute atomic E-state index is 0.340. The van der Waals surface area contributed by atoms with E-state index in [4.69, 9.17) is 0 Å². The first kappa shape index (κ1) is 16.5. The van der Waals surface area contributed by atoms with Crippen LogP contribution in [0.4, 0.5) is 16.2 Å². The summed E-state index contributed by atoms with van der Waals surface area (Å²) >= 11 is 0. The number of hydrogen-bond donors (Lipinski definition) is 2. The zero-order valence-corrected chi connectivity index (χ0v) is 13.4. The smallest absolute Gasteiger partial charge is 0.337 e. The number of carbonyl (C=O) groups is 2.